The minimum absolute atomic E-state index is 0.657. The van der Waals surface area contributed by atoms with Gasteiger partial charge in [-0.25, -0.2) is 0 Å². The van der Waals surface area contributed by atoms with Crippen molar-refractivity contribution in [1.82, 2.24) is 10.2 Å². The van der Waals surface area contributed by atoms with Crippen LogP contribution < -0.4 is 5.32 Å². The van der Waals surface area contributed by atoms with Crippen molar-refractivity contribution in [3.8, 4) is 0 Å². The first-order valence-electron chi connectivity index (χ1n) is 7.13. The van der Waals surface area contributed by atoms with E-state index in [1.54, 1.807) is 0 Å². The van der Waals surface area contributed by atoms with E-state index in [1.807, 2.05) is 0 Å². The summed E-state index contributed by atoms with van der Waals surface area (Å²) in [6.45, 7) is 5.81. The van der Waals surface area contributed by atoms with Crippen LogP contribution >= 0.6 is 0 Å². The van der Waals surface area contributed by atoms with Crippen LogP contribution in [0.5, 0.6) is 0 Å². The topological polar surface area (TPSA) is 15.3 Å². The van der Waals surface area contributed by atoms with Crippen LogP contribution in [0.3, 0.4) is 0 Å². The van der Waals surface area contributed by atoms with Gasteiger partial charge in [0.15, 0.2) is 0 Å². The molecule has 2 nitrogen and oxygen atoms in total. The van der Waals surface area contributed by atoms with Crippen molar-refractivity contribution >= 4 is 0 Å². The molecule has 2 aliphatic rings. The van der Waals surface area contributed by atoms with E-state index in [0.29, 0.717) is 6.04 Å². The molecular weight excluding hydrogens is 208 g/mol. The third-order valence-corrected chi connectivity index (χ3v) is 4.15. The van der Waals surface area contributed by atoms with E-state index in [9.17, 15) is 0 Å². The van der Waals surface area contributed by atoms with Crippen LogP contribution in [0.25, 0.3) is 0 Å². The van der Waals surface area contributed by atoms with Gasteiger partial charge in [-0.2, -0.15) is 0 Å². The van der Waals surface area contributed by atoms with Crippen LogP contribution in [0.1, 0.15) is 33.1 Å². The van der Waals surface area contributed by atoms with Gasteiger partial charge in [0, 0.05) is 18.6 Å². The third-order valence-electron chi connectivity index (χ3n) is 4.15. The van der Waals surface area contributed by atoms with Gasteiger partial charge in [0.2, 0.25) is 0 Å². The maximum atomic E-state index is 3.89. The molecule has 0 amide bonds. The predicted octanol–water partition coefficient (Wildman–Crippen LogP) is 2.52. The molecule has 4 atom stereocenters. The molecule has 2 heteroatoms. The third kappa shape index (κ3) is 3.32. The van der Waals surface area contributed by atoms with Crippen molar-refractivity contribution in [2.45, 2.75) is 45.2 Å². The molecule has 0 aliphatic heterocycles. The number of allylic oxidation sites excluding steroid dienone is 1. The molecule has 0 aromatic rings. The molecule has 4 unspecified atom stereocenters. The van der Waals surface area contributed by atoms with Gasteiger partial charge in [0.1, 0.15) is 0 Å². The van der Waals surface area contributed by atoms with Gasteiger partial charge in [-0.3, -0.25) is 0 Å². The average molecular weight is 236 g/mol. The smallest absolute Gasteiger partial charge is 0.0200 e. The average Bonchev–Trinajstić information content (AvgIpc) is 2.54. The summed E-state index contributed by atoms with van der Waals surface area (Å²) >= 11 is 0. The molecule has 2 aliphatic carbocycles. The Hall–Kier alpha value is -0.340. The summed E-state index contributed by atoms with van der Waals surface area (Å²) < 4.78 is 0. The first kappa shape index (κ1) is 13.1. The molecule has 98 valence electrons. The summed E-state index contributed by atoms with van der Waals surface area (Å²) in [5.74, 6) is 2.58. The number of nitrogens with zero attached hydrogens (tertiary/aromatic N) is 1. The highest BCUT2D eigenvalue weighted by Gasteiger charge is 2.41. The summed E-state index contributed by atoms with van der Waals surface area (Å²) in [6.07, 6.45) is 8.81. The Labute approximate surface area is 106 Å². The standard InChI is InChI=1S/C15H28N2/c1-11(2)8-13(10-17(3)4)16-15-9-12-6-5-7-14(12)15/h5,7,11-16H,6,8-10H2,1-4H3. The fourth-order valence-corrected chi connectivity index (χ4v) is 3.42. The predicted molar refractivity (Wildman–Crippen MR) is 74.1 cm³/mol. The Bertz CT molecular complexity index is 260. The normalized spacial score (nSPS) is 32.9. The number of hydrogen-bond donors (Lipinski definition) is 1. The molecule has 0 radical (unpaired) electrons. The minimum Gasteiger partial charge on any atom is -0.309 e. The van der Waals surface area contributed by atoms with Crippen LogP contribution in [0.4, 0.5) is 0 Å². The van der Waals surface area contributed by atoms with Crippen molar-refractivity contribution in [2.75, 3.05) is 20.6 Å². The first-order chi connectivity index (χ1) is 8.06. The molecule has 1 fully saturated rings. The van der Waals surface area contributed by atoms with Crippen LogP contribution in [-0.4, -0.2) is 37.6 Å². The highest BCUT2D eigenvalue weighted by atomic mass is 15.1. The number of rotatable bonds is 6. The van der Waals surface area contributed by atoms with Gasteiger partial charge >= 0.3 is 0 Å². The molecule has 0 aromatic heterocycles. The first-order valence-corrected chi connectivity index (χ1v) is 7.13. The van der Waals surface area contributed by atoms with Gasteiger partial charge in [-0.05, 0) is 51.1 Å². The molecule has 2 rings (SSSR count). The van der Waals surface area contributed by atoms with Crippen LogP contribution in [0, 0.1) is 17.8 Å². The molecule has 0 heterocycles. The quantitative estimate of drug-likeness (QED) is 0.713. The van der Waals surface area contributed by atoms with Gasteiger partial charge in [0.25, 0.3) is 0 Å². The van der Waals surface area contributed by atoms with E-state index in [0.717, 1.165) is 30.3 Å². The number of nitrogens with one attached hydrogen (secondary N) is 1. The van der Waals surface area contributed by atoms with Crippen LogP contribution in [0.2, 0.25) is 0 Å². The maximum Gasteiger partial charge on any atom is 0.0200 e. The second-order valence-corrected chi connectivity index (χ2v) is 6.60. The Kier molecular flexibility index (Phi) is 4.26. The fourth-order valence-electron chi connectivity index (χ4n) is 3.42. The zero-order valence-corrected chi connectivity index (χ0v) is 11.8. The summed E-state index contributed by atoms with van der Waals surface area (Å²) in [6, 6.07) is 1.41. The molecule has 0 spiro atoms. The van der Waals surface area contributed by atoms with Gasteiger partial charge < -0.3 is 10.2 Å². The summed E-state index contributed by atoms with van der Waals surface area (Å²) in [5.41, 5.74) is 0. The Morgan fingerprint density at radius 1 is 1.35 bits per heavy atom. The van der Waals surface area contributed by atoms with E-state index in [2.05, 4.69) is 50.3 Å². The SMILES string of the molecule is CC(C)CC(CN(C)C)NC1CC2CC=CC21. The lowest BCUT2D eigenvalue weighted by molar-refractivity contribution is 0.136. The van der Waals surface area contributed by atoms with Crippen LogP contribution in [0.15, 0.2) is 12.2 Å². The summed E-state index contributed by atoms with van der Waals surface area (Å²) in [7, 11) is 4.35. The molecule has 1 saturated carbocycles. The van der Waals surface area contributed by atoms with Crippen molar-refractivity contribution in [1.29, 1.82) is 0 Å². The van der Waals surface area contributed by atoms with Gasteiger partial charge in [0.05, 0.1) is 0 Å². The van der Waals surface area contributed by atoms with Crippen molar-refractivity contribution < 1.29 is 0 Å². The maximum absolute atomic E-state index is 3.89. The molecule has 0 saturated heterocycles. The number of hydrogen-bond acceptors (Lipinski definition) is 2. The van der Waals surface area contributed by atoms with E-state index in [-0.39, 0.29) is 0 Å². The van der Waals surface area contributed by atoms with E-state index in [4.69, 9.17) is 0 Å². The second kappa shape index (κ2) is 5.53. The molecule has 0 aromatic carbocycles. The lowest BCUT2D eigenvalue weighted by atomic mass is 9.71. The van der Waals surface area contributed by atoms with Crippen molar-refractivity contribution in [2.24, 2.45) is 17.8 Å². The molecule has 0 bridgehead atoms. The lowest BCUT2D eigenvalue weighted by Crippen LogP contribution is -2.54. The van der Waals surface area contributed by atoms with E-state index >= 15 is 0 Å². The fraction of sp³-hybridized carbons (Fsp3) is 0.867. The number of fused-ring (bicyclic) bond motifs is 1. The monoisotopic (exact) mass is 236 g/mol. The highest BCUT2D eigenvalue weighted by Crippen LogP contribution is 2.42. The van der Waals surface area contributed by atoms with Crippen molar-refractivity contribution in [3.05, 3.63) is 12.2 Å². The Morgan fingerprint density at radius 2 is 2.12 bits per heavy atom. The van der Waals surface area contributed by atoms with Gasteiger partial charge in [-0.1, -0.05) is 26.0 Å². The lowest BCUT2D eigenvalue weighted by Gasteiger charge is -2.43. The summed E-state index contributed by atoms with van der Waals surface area (Å²) in [4.78, 5) is 2.31. The zero-order chi connectivity index (χ0) is 12.4. The molecule has 1 N–H and O–H groups in total. The van der Waals surface area contributed by atoms with Crippen molar-refractivity contribution in [3.63, 3.8) is 0 Å². The Morgan fingerprint density at radius 3 is 2.71 bits per heavy atom. The molecule has 17 heavy (non-hydrogen) atoms. The summed E-state index contributed by atoms with van der Waals surface area (Å²) in [5, 5.41) is 3.89. The van der Waals surface area contributed by atoms with Gasteiger partial charge in [-0.15, -0.1) is 0 Å². The highest BCUT2D eigenvalue weighted by molar-refractivity contribution is 5.13. The second-order valence-electron chi connectivity index (χ2n) is 6.60. The minimum atomic E-state index is 0.657. The number of likely N-dealkylation sites (N-methyl/N-ethyl adjacent to an activating group) is 1. The zero-order valence-electron chi connectivity index (χ0n) is 11.8. The Balaban J connectivity index is 1.82. The largest absolute Gasteiger partial charge is 0.309 e. The van der Waals surface area contributed by atoms with E-state index in [1.165, 1.54) is 19.3 Å². The van der Waals surface area contributed by atoms with Crippen LogP contribution in [-0.2, 0) is 0 Å². The molecular formula is C15H28N2. The van der Waals surface area contributed by atoms with E-state index < -0.39 is 0 Å².